The Morgan fingerprint density at radius 2 is 1.77 bits per heavy atom. The molecule has 1 N–H and O–H groups in total. The van der Waals surface area contributed by atoms with Crippen molar-refractivity contribution in [3.63, 3.8) is 0 Å². The number of nitrogens with zero attached hydrogens (tertiary/aromatic N) is 1. The second-order valence-corrected chi connectivity index (χ2v) is 6.37. The summed E-state index contributed by atoms with van der Waals surface area (Å²) in [5.41, 5.74) is 2.12. The van der Waals surface area contributed by atoms with Gasteiger partial charge in [-0.3, -0.25) is 4.79 Å². The molecule has 0 radical (unpaired) electrons. The van der Waals surface area contributed by atoms with Crippen molar-refractivity contribution in [3.05, 3.63) is 71.3 Å². The predicted molar refractivity (Wildman–Crippen MR) is 97.9 cm³/mol. The monoisotopic (exact) mass is 350 g/mol. The van der Waals surface area contributed by atoms with Gasteiger partial charge in [0.05, 0.1) is 18.1 Å². The number of hydrogen-bond donors (Lipinski definition) is 1. The molecule has 0 fully saturated rings. The molecule has 1 amide bonds. The number of hydrogen-bond acceptors (Lipinski definition) is 4. The van der Waals surface area contributed by atoms with E-state index in [0.29, 0.717) is 5.56 Å². The van der Waals surface area contributed by atoms with Crippen LogP contribution in [0, 0.1) is 17.2 Å². The molecule has 2 aromatic carbocycles. The van der Waals surface area contributed by atoms with E-state index in [-0.39, 0.29) is 24.9 Å². The lowest BCUT2D eigenvalue weighted by atomic mass is 10.0. The molecule has 0 aliphatic rings. The van der Waals surface area contributed by atoms with Crippen LogP contribution < -0.4 is 5.32 Å². The number of nitrogens with one attached hydrogen (secondary N) is 1. The van der Waals surface area contributed by atoms with Crippen LogP contribution in [-0.4, -0.2) is 17.9 Å². The molecule has 0 aliphatic heterocycles. The van der Waals surface area contributed by atoms with Crippen LogP contribution in [0.3, 0.4) is 0 Å². The zero-order valence-electron chi connectivity index (χ0n) is 14.9. The van der Waals surface area contributed by atoms with Crippen molar-refractivity contribution < 1.29 is 14.3 Å². The Hall–Kier alpha value is -3.13. The fourth-order valence-electron chi connectivity index (χ4n) is 2.48. The smallest absolute Gasteiger partial charge is 0.329 e. The van der Waals surface area contributed by atoms with E-state index in [2.05, 4.69) is 5.32 Å². The van der Waals surface area contributed by atoms with Crippen molar-refractivity contribution in [2.75, 3.05) is 0 Å². The van der Waals surface area contributed by atoms with Gasteiger partial charge in [0.1, 0.15) is 12.6 Å². The van der Waals surface area contributed by atoms with Crippen LogP contribution in [0.4, 0.5) is 0 Å². The van der Waals surface area contributed by atoms with E-state index < -0.39 is 12.0 Å². The third-order valence-electron chi connectivity index (χ3n) is 3.88. The molecule has 0 saturated carbocycles. The number of nitriles is 1. The summed E-state index contributed by atoms with van der Waals surface area (Å²) in [5, 5.41) is 11.7. The van der Waals surface area contributed by atoms with Crippen molar-refractivity contribution in [3.8, 4) is 6.07 Å². The van der Waals surface area contributed by atoms with Crippen LogP contribution in [0.25, 0.3) is 0 Å². The zero-order chi connectivity index (χ0) is 18.9. The molecule has 2 aromatic rings. The Bertz CT molecular complexity index is 794. The van der Waals surface area contributed by atoms with Gasteiger partial charge in [-0.15, -0.1) is 0 Å². The molecule has 134 valence electrons. The summed E-state index contributed by atoms with van der Waals surface area (Å²) in [6.07, 6.45) is 0.210. The lowest BCUT2D eigenvalue weighted by Crippen LogP contribution is -2.45. The highest BCUT2D eigenvalue weighted by Crippen LogP contribution is 2.10. The van der Waals surface area contributed by atoms with Gasteiger partial charge in [-0.05, 0) is 29.2 Å². The maximum Gasteiger partial charge on any atom is 0.329 e. The molecule has 0 heterocycles. The maximum absolute atomic E-state index is 12.4. The van der Waals surface area contributed by atoms with Gasteiger partial charge in [0, 0.05) is 0 Å². The van der Waals surface area contributed by atoms with Crippen LogP contribution in [-0.2, 0) is 27.4 Å². The van der Waals surface area contributed by atoms with E-state index in [1.807, 2.05) is 50.2 Å². The quantitative estimate of drug-likeness (QED) is 0.779. The molecular formula is C21H22N2O3. The lowest BCUT2D eigenvalue weighted by molar-refractivity contribution is -0.150. The summed E-state index contributed by atoms with van der Waals surface area (Å²) in [6.45, 7) is 3.77. The first-order valence-corrected chi connectivity index (χ1v) is 8.48. The SMILES string of the molecule is CC(C)C(NC(=O)Cc1ccccc1)C(=O)OCc1cccc(C#N)c1. The first-order valence-electron chi connectivity index (χ1n) is 8.48. The van der Waals surface area contributed by atoms with Crippen molar-refractivity contribution >= 4 is 11.9 Å². The highest BCUT2D eigenvalue weighted by atomic mass is 16.5. The van der Waals surface area contributed by atoms with Gasteiger partial charge in [0.25, 0.3) is 0 Å². The van der Waals surface area contributed by atoms with Gasteiger partial charge in [0.15, 0.2) is 0 Å². The molecule has 1 atom stereocenters. The highest BCUT2D eigenvalue weighted by Gasteiger charge is 2.25. The van der Waals surface area contributed by atoms with E-state index in [1.165, 1.54) is 0 Å². The van der Waals surface area contributed by atoms with Gasteiger partial charge < -0.3 is 10.1 Å². The fourth-order valence-corrected chi connectivity index (χ4v) is 2.48. The number of rotatable bonds is 7. The molecule has 5 nitrogen and oxygen atoms in total. The van der Waals surface area contributed by atoms with E-state index in [4.69, 9.17) is 10.00 Å². The van der Waals surface area contributed by atoms with Gasteiger partial charge in [-0.25, -0.2) is 4.79 Å². The molecule has 26 heavy (non-hydrogen) atoms. The maximum atomic E-state index is 12.4. The summed E-state index contributed by atoms with van der Waals surface area (Å²) >= 11 is 0. The van der Waals surface area contributed by atoms with Crippen molar-refractivity contribution in [1.82, 2.24) is 5.32 Å². The minimum Gasteiger partial charge on any atom is -0.459 e. The Labute approximate surface area is 153 Å². The molecule has 1 unspecified atom stereocenters. The molecule has 0 bridgehead atoms. The second kappa shape index (κ2) is 9.38. The minimum atomic E-state index is -0.717. The second-order valence-electron chi connectivity index (χ2n) is 6.37. The van der Waals surface area contributed by atoms with Gasteiger partial charge in [-0.2, -0.15) is 5.26 Å². The number of carbonyl (C=O) groups is 2. The summed E-state index contributed by atoms with van der Waals surface area (Å²) in [7, 11) is 0. The Morgan fingerprint density at radius 1 is 1.08 bits per heavy atom. The topological polar surface area (TPSA) is 79.2 Å². The van der Waals surface area contributed by atoms with Gasteiger partial charge in [0.2, 0.25) is 5.91 Å². The van der Waals surface area contributed by atoms with Gasteiger partial charge >= 0.3 is 5.97 Å². The molecule has 2 rings (SSSR count). The van der Waals surface area contributed by atoms with Crippen LogP contribution in [0.15, 0.2) is 54.6 Å². The van der Waals surface area contributed by atoms with Crippen LogP contribution in [0.1, 0.15) is 30.5 Å². The summed E-state index contributed by atoms with van der Waals surface area (Å²) in [6, 6.07) is 17.6. The fraction of sp³-hybridized carbons (Fsp3) is 0.286. The zero-order valence-corrected chi connectivity index (χ0v) is 14.9. The predicted octanol–water partition coefficient (Wildman–Crippen LogP) is 2.98. The largest absolute Gasteiger partial charge is 0.459 e. The van der Waals surface area contributed by atoms with Crippen LogP contribution in [0.5, 0.6) is 0 Å². The number of esters is 1. The molecule has 0 aliphatic carbocycles. The average molecular weight is 350 g/mol. The van der Waals surface area contributed by atoms with E-state index >= 15 is 0 Å². The number of carbonyl (C=O) groups excluding carboxylic acids is 2. The first-order chi connectivity index (χ1) is 12.5. The summed E-state index contributed by atoms with van der Waals surface area (Å²) < 4.78 is 5.34. The standard InChI is InChI=1S/C21H22N2O3/c1-15(2)20(23-19(24)12-16-7-4-3-5-8-16)21(25)26-14-18-10-6-9-17(11-18)13-22/h3-11,15,20H,12,14H2,1-2H3,(H,23,24). The lowest BCUT2D eigenvalue weighted by Gasteiger charge is -2.21. The summed E-state index contributed by atoms with van der Waals surface area (Å²) in [4.78, 5) is 24.6. The Balaban J connectivity index is 1.94. The third-order valence-corrected chi connectivity index (χ3v) is 3.88. The van der Waals surface area contributed by atoms with E-state index in [9.17, 15) is 9.59 Å². The molecule has 0 saturated heterocycles. The average Bonchev–Trinajstić information content (AvgIpc) is 2.65. The van der Waals surface area contributed by atoms with Crippen LogP contribution >= 0.6 is 0 Å². The molecular weight excluding hydrogens is 328 g/mol. The normalized spacial score (nSPS) is 11.5. The highest BCUT2D eigenvalue weighted by molar-refractivity contribution is 5.85. The van der Waals surface area contributed by atoms with Gasteiger partial charge in [-0.1, -0.05) is 56.3 Å². The molecule has 0 aromatic heterocycles. The Kier molecular flexibility index (Phi) is 6.92. The number of amides is 1. The van der Waals surface area contributed by atoms with Crippen molar-refractivity contribution in [2.24, 2.45) is 5.92 Å². The molecule has 5 heteroatoms. The number of ether oxygens (including phenoxy) is 1. The van der Waals surface area contributed by atoms with Crippen LogP contribution in [0.2, 0.25) is 0 Å². The van der Waals surface area contributed by atoms with Crippen molar-refractivity contribution in [2.45, 2.75) is 32.9 Å². The van der Waals surface area contributed by atoms with Crippen molar-refractivity contribution in [1.29, 1.82) is 5.26 Å². The van der Waals surface area contributed by atoms with E-state index in [0.717, 1.165) is 11.1 Å². The molecule has 0 spiro atoms. The first kappa shape index (κ1) is 19.2. The Morgan fingerprint density at radius 3 is 2.42 bits per heavy atom. The number of benzene rings is 2. The summed E-state index contributed by atoms with van der Waals surface area (Å²) in [5.74, 6) is -0.810. The van der Waals surface area contributed by atoms with E-state index in [1.54, 1.807) is 24.3 Å². The minimum absolute atomic E-state index is 0.0616. The third kappa shape index (κ3) is 5.75.